The van der Waals surface area contributed by atoms with Gasteiger partial charge in [-0.15, -0.1) is 6.58 Å². The lowest BCUT2D eigenvalue weighted by Gasteiger charge is -2.32. The van der Waals surface area contributed by atoms with E-state index in [2.05, 4.69) is 13.5 Å². The van der Waals surface area contributed by atoms with E-state index in [1.807, 2.05) is 6.08 Å². The Balaban J connectivity index is 2.26. The first-order chi connectivity index (χ1) is 6.66. The normalized spacial score (nSPS) is 27.6. The molecule has 14 heavy (non-hydrogen) atoms. The fraction of sp³-hybridized carbons (Fsp3) is 0.769. The summed E-state index contributed by atoms with van der Waals surface area (Å²) in [5.74, 6) is 0.475. The lowest BCUT2D eigenvalue weighted by Crippen LogP contribution is -2.25. The molecule has 1 atom stereocenters. The molecule has 0 radical (unpaired) electrons. The van der Waals surface area contributed by atoms with Gasteiger partial charge in [0.05, 0.1) is 0 Å². The van der Waals surface area contributed by atoms with E-state index in [1.54, 1.807) is 0 Å². The van der Waals surface area contributed by atoms with Gasteiger partial charge in [0.2, 0.25) is 0 Å². The maximum Gasteiger partial charge on any atom is 0.133 e. The van der Waals surface area contributed by atoms with Crippen molar-refractivity contribution in [3.8, 4) is 0 Å². The van der Waals surface area contributed by atoms with Crippen LogP contribution in [-0.2, 0) is 4.79 Å². The summed E-state index contributed by atoms with van der Waals surface area (Å²) in [5.41, 5.74) is 0.316. The van der Waals surface area contributed by atoms with Gasteiger partial charge >= 0.3 is 0 Å². The molecule has 0 aromatic heterocycles. The number of Topliss-reactive ketones (excluding diaryl/α,β-unsaturated/α-hetero) is 1. The predicted octanol–water partition coefficient (Wildman–Crippen LogP) is 3.88. The summed E-state index contributed by atoms with van der Waals surface area (Å²) in [5, 5.41) is 0. The van der Waals surface area contributed by atoms with Crippen LogP contribution in [0.25, 0.3) is 0 Å². The van der Waals surface area contributed by atoms with Crippen LogP contribution in [0.1, 0.15) is 58.3 Å². The van der Waals surface area contributed by atoms with Crippen LogP contribution in [0.3, 0.4) is 0 Å². The van der Waals surface area contributed by atoms with Gasteiger partial charge in [-0.05, 0) is 37.5 Å². The van der Waals surface area contributed by atoms with Crippen molar-refractivity contribution in [3.63, 3.8) is 0 Å². The van der Waals surface area contributed by atoms with Gasteiger partial charge in [-0.1, -0.05) is 19.4 Å². The standard InChI is InChI=1S/C13H22O/c1-3-4-5-6-9-13(2)10-7-8-12(14)11-13/h3H,1,4-11H2,2H3/t13-/m1/s1. The van der Waals surface area contributed by atoms with Crippen molar-refractivity contribution < 1.29 is 4.79 Å². The zero-order chi connectivity index (χ0) is 10.4. The molecule has 0 N–H and O–H groups in total. The van der Waals surface area contributed by atoms with Crippen LogP contribution < -0.4 is 0 Å². The van der Waals surface area contributed by atoms with Gasteiger partial charge < -0.3 is 0 Å². The van der Waals surface area contributed by atoms with Crippen molar-refractivity contribution in [2.75, 3.05) is 0 Å². The summed E-state index contributed by atoms with van der Waals surface area (Å²) in [6.45, 7) is 6.00. The van der Waals surface area contributed by atoms with Crippen LogP contribution in [0.4, 0.5) is 0 Å². The van der Waals surface area contributed by atoms with Gasteiger partial charge in [-0.2, -0.15) is 0 Å². The van der Waals surface area contributed by atoms with Gasteiger partial charge in [0, 0.05) is 12.8 Å². The van der Waals surface area contributed by atoms with Crippen molar-refractivity contribution in [1.29, 1.82) is 0 Å². The molecule has 1 heteroatoms. The monoisotopic (exact) mass is 194 g/mol. The minimum Gasteiger partial charge on any atom is -0.300 e. The van der Waals surface area contributed by atoms with Crippen molar-refractivity contribution in [2.24, 2.45) is 5.41 Å². The summed E-state index contributed by atoms with van der Waals surface area (Å²) in [6, 6.07) is 0. The van der Waals surface area contributed by atoms with Crippen LogP contribution >= 0.6 is 0 Å². The lowest BCUT2D eigenvalue weighted by atomic mass is 9.72. The Morgan fingerprint density at radius 3 is 2.93 bits per heavy atom. The first kappa shape index (κ1) is 11.5. The second-order valence-electron chi connectivity index (χ2n) is 4.91. The van der Waals surface area contributed by atoms with Gasteiger partial charge in [0.15, 0.2) is 0 Å². The van der Waals surface area contributed by atoms with E-state index in [0.29, 0.717) is 11.2 Å². The molecule has 0 unspecified atom stereocenters. The lowest BCUT2D eigenvalue weighted by molar-refractivity contribution is -0.123. The third-order valence-corrected chi connectivity index (χ3v) is 3.30. The van der Waals surface area contributed by atoms with Gasteiger partial charge in [0.25, 0.3) is 0 Å². The number of allylic oxidation sites excluding steroid dienone is 1. The average Bonchev–Trinajstić information content (AvgIpc) is 2.12. The van der Waals surface area contributed by atoms with Gasteiger partial charge in [-0.25, -0.2) is 0 Å². The van der Waals surface area contributed by atoms with Gasteiger partial charge in [-0.3, -0.25) is 4.79 Å². The summed E-state index contributed by atoms with van der Waals surface area (Å²) in [4.78, 5) is 11.4. The molecule has 80 valence electrons. The maximum atomic E-state index is 11.4. The number of carbonyl (C=O) groups excluding carboxylic acids is 1. The highest BCUT2D eigenvalue weighted by Gasteiger charge is 2.30. The first-order valence-electron chi connectivity index (χ1n) is 5.79. The highest BCUT2D eigenvalue weighted by atomic mass is 16.1. The average molecular weight is 194 g/mol. The zero-order valence-corrected chi connectivity index (χ0v) is 9.35. The Hall–Kier alpha value is -0.590. The summed E-state index contributed by atoms with van der Waals surface area (Å²) < 4.78 is 0. The van der Waals surface area contributed by atoms with E-state index in [4.69, 9.17) is 0 Å². The molecule has 1 rings (SSSR count). The van der Waals surface area contributed by atoms with E-state index in [1.165, 1.54) is 25.7 Å². The third kappa shape index (κ3) is 3.65. The SMILES string of the molecule is C=CCCCC[C@]1(C)CCCC(=O)C1. The first-order valence-corrected chi connectivity index (χ1v) is 5.79. The fourth-order valence-electron chi connectivity index (χ4n) is 2.42. The van der Waals surface area contributed by atoms with E-state index >= 15 is 0 Å². The topological polar surface area (TPSA) is 17.1 Å². The molecular formula is C13H22O. The number of ketones is 1. The Morgan fingerprint density at radius 1 is 1.50 bits per heavy atom. The molecule has 1 saturated carbocycles. The predicted molar refractivity (Wildman–Crippen MR) is 60.2 cm³/mol. The second-order valence-corrected chi connectivity index (χ2v) is 4.91. The highest BCUT2D eigenvalue weighted by Crippen LogP contribution is 2.38. The Morgan fingerprint density at radius 2 is 2.29 bits per heavy atom. The molecule has 1 fully saturated rings. The Labute approximate surface area is 87.6 Å². The minimum atomic E-state index is 0.316. The maximum absolute atomic E-state index is 11.4. The molecule has 1 aliphatic carbocycles. The summed E-state index contributed by atoms with van der Waals surface area (Å²) in [6.07, 6.45) is 10.8. The van der Waals surface area contributed by atoms with Crippen LogP contribution in [0.5, 0.6) is 0 Å². The van der Waals surface area contributed by atoms with Crippen molar-refractivity contribution in [1.82, 2.24) is 0 Å². The molecule has 0 aromatic rings. The van der Waals surface area contributed by atoms with E-state index in [0.717, 1.165) is 25.7 Å². The third-order valence-electron chi connectivity index (χ3n) is 3.30. The second kappa shape index (κ2) is 5.33. The molecule has 0 aliphatic heterocycles. The molecule has 0 amide bonds. The number of carbonyl (C=O) groups is 1. The molecule has 1 nitrogen and oxygen atoms in total. The number of rotatable bonds is 5. The Kier molecular flexibility index (Phi) is 4.37. The van der Waals surface area contributed by atoms with Crippen molar-refractivity contribution >= 4 is 5.78 Å². The Bertz CT molecular complexity index is 207. The summed E-state index contributed by atoms with van der Waals surface area (Å²) in [7, 11) is 0. The molecule has 1 aliphatic rings. The van der Waals surface area contributed by atoms with Crippen LogP contribution in [-0.4, -0.2) is 5.78 Å². The molecule has 0 aromatic carbocycles. The van der Waals surface area contributed by atoms with E-state index in [-0.39, 0.29) is 0 Å². The van der Waals surface area contributed by atoms with E-state index < -0.39 is 0 Å². The van der Waals surface area contributed by atoms with Gasteiger partial charge in [0.1, 0.15) is 5.78 Å². The number of unbranched alkanes of at least 4 members (excludes halogenated alkanes) is 2. The van der Waals surface area contributed by atoms with Crippen molar-refractivity contribution in [3.05, 3.63) is 12.7 Å². The molecule has 0 heterocycles. The van der Waals surface area contributed by atoms with Crippen molar-refractivity contribution in [2.45, 2.75) is 58.3 Å². The smallest absolute Gasteiger partial charge is 0.133 e. The van der Waals surface area contributed by atoms with E-state index in [9.17, 15) is 4.79 Å². The van der Waals surface area contributed by atoms with Crippen LogP contribution in [0.2, 0.25) is 0 Å². The van der Waals surface area contributed by atoms with Crippen LogP contribution in [0.15, 0.2) is 12.7 Å². The minimum absolute atomic E-state index is 0.316. The molecule has 0 saturated heterocycles. The molecule has 0 spiro atoms. The quantitative estimate of drug-likeness (QED) is 0.479. The molecule has 0 bridgehead atoms. The fourth-order valence-corrected chi connectivity index (χ4v) is 2.42. The highest BCUT2D eigenvalue weighted by molar-refractivity contribution is 5.79. The summed E-state index contributed by atoms with van der Waals surface area (Å²) >= 11 is 0. The molecular weight excluding hydrogens is 172 g/mol. The largest absolute Gasteiger partial charge is 0.300 e. The number of hydrogen-bond donors (Lipinski definition) is 0. The van der Waals surface area contributed by atoms with Crippen LogP contribution in [0, 0.1) is 5.41 Å². The number of hydrogen-bond acceptors (Lipinski definition) is 1. The zero-order valence-electron chi connectivity index (χ0n) is 9.35.